The first-order valence-electron chi connectivity index (χ1n) is 4.46. The average molecular weight is 249 g/mol. The van der Waals surface area contributed by atoms with Crippen molar-refractivity contribution in [3.8, 4) is 15.8 Å². The fraction of sp³-hybridized carbons (Fsp3) is 0.0909. The van der Waals surface area contributed by atoms with Gasteiger partial charge < -0.3 is 5.11 Å². The molecule has 2 aromatic heterocycles. The van der Waals surface area contributed by atoms with Crippen molar-refractivity contribution in [2.75, 3.05) is 0 Å². The molecular weight excluding hydrogens is 242 g/mol. The third kappa shape index (κ3) is 1.85. The van der Waals surface area contributed by atoms with Crippen molar-refractivity contribution in [3.05, 3.63) is 33.5 Å². The Morgan fingerprint density at radius 3 is 2.69 bits per heavy atom. The predicted octanol–water partition coefficient (Wildman–Crippen LogP) is 3.35. The number of carboxylic acids is 1. The average Bonchev–Trinajstić information content (AvgIpc) is 2.83. The number of rotatable bonds is 2. The normalized spacial score (nSPS) is 10.0. The molecule has 0 bridgehead atoms. The van der Waals surface area contributed by atoms with Gasteiger partial charge in [-0.2, -0.15) is 5.26 Å². The molecule has 2 rings (SSSR count). The van der Waals surface area contributed by atoms with Gasteiger partial charge in [0.25, 0.3) is 0 Å². The molecule has 2 heterocycles. The van der Waals surface area contributed by atoms with E-state index in [2.05, 4.69) is 6.07 Å². The maximum atomic E-state index is 10.8. The van der Waals surface area contributed by atoms with Crippen LogP contribution in [0.1, 0.15) is 20.1 Å². The SMILES string of the molecule is Cc1cc(C(=O)O)sc1-c1ccc(C#N)s1. The van der Waals surface area contributed by atoms with Crippen LogP contribution in [0.2, 0.25) is 0 Å². The molecule has 0 atom stereocenters. The summed E-state index contributed by atoms with van der Waals surface area (Å²) in [6.07, 6.45) is 0. The highest BCUT2D eigenvalue weighted by Gasteiger charge is 2.13. The standard InChI is InChI=1S/C11H7NO2S2/c1-6-4-9(11(13)14)16-10(6)8-3-2-7(5-12)15-8/h2-4H,1H3,(H,13,14). The predicted molar refractivity (Wildman–Crippen MR) is 64.0 cm³/mol. The second kappa shape index (κ2) is 4.08. The van der Waals surface area contributed by atoms with Crippen LogP contribution in [-0.4, -0.2) is 11.1 Å². The van der Waals surface area contributed by atoms with Gasteiger partial charge in [0.2, 0.25) is 0 Å². The van der Waals surface area contributed by atoms with Gasteiger partial charge in [0, 0.05) is 9.75 Å². The van der Waals surface area contributed by atoms with Crippen LogP contribution in [0, 0.1) is 18.3 Å². The van der Waals surface area contributed by atoms with Gasteiger partial charge in [0.1, 0.15) is 15.8 Å². The van der Waals surface area contributed by atoms with E-state index in [1.54, 1.807) is 12.1 Å². The second-order valence-electron chi connectivity index (χ2n) is 3.20. The quantitative estimate of drug-likeness (QED) is 0.887. The Labute approximate surface area is 100 Å². The van der Waals surface area contributed by atoms with Gasteiger partial charge >= 0.3 is 5.97 Å². The Bertz CT molecular complexity index is 589. The third-order valence-corrected chi connectivity index (χ3v) is 4.46. The van der Waals surface area contributed by atoms with E-state index >= 15 is 0 Å². The minimum Gasteiger partial charge on any atom is -0.477 e. The summed E-state index contributed by atoms with van der Waals surface area (Å²) in [6, 6.07) is 7.34. The van der Waals surface area contributed by atoms with Gasteiger partial charge in [-0.25, -0.2) is 4.79 Å². The van der Waals surface area contributed by atoms with Gasteiger partial charge in [0.05, 0.1) is 0 Å². The molecule has 0 unspecified atom stereocenters. The van der Waals surface area contributed by atoms with Crippen molar-refractivity contribution in [3.63, 3.8) is 0 Å². The molecule has 0 spiro atoms. The summed E-state index contributed by atoms with van der Waals surface area (Å²) in [5.41, 5.74) is 0.939. The molecule has 16 heavy (non-hydrogen) atoms. The van der Waals surface area contributed by atoms with Gasteiger partial charge in [-0.05, 0) is 30.7 Å². The monoisotopic (exact) mass is 249 g/mol. The van der Waals surface area contributed by atoms with E-state index < -0.39 is 5.97 Å². The molecule has 0 saturated carbocycles. The number of aryl methyl sites for hydroxylation is 1. The zero-order chi connectivity index (χ0) is 11.7. The molecule has 0 amide bonds. The van der Waals surface area contributed by atoms with Crippen molar-refractivity contribution in [1.29, 1.82) is 5.26 Å². The van der Waals surface area contributed by atoms with Crippen LogP contribution in [-0.2, 0) is 0 Å². The molecule has 0 aliphatic carbocycles. The van der Waals surface area contributed by atoms with Gasteiger partial charge in [-0.3, -0.25) is 0 Å². The molecule has 0 fully saturated rings. The molecule has 1 N–H and O–H groups in total. The van der Waals surface area contributed by atoms with Crippen LogP contribution >= 0.6 is 22.7 Å². The van der Waals surface area contributed by atoms with Crippen molar-refractivity contribution < 1.29 is 9.90 Å². The van der Waals surface area contributed by atoms with Crippen LogP contribution in [0.5, 0.6) is 0 Å². The fourth-order valence-corrected chi connectivity index (χ4v) is 3.34. The van der Waals surface area contributed by atoms with Crippen molar-refractivity contribution in [2.24, 2.45) is 0 Å². The smallest absolute Gasteiger partial charge is 0.345 e. The molecule has 0 aliphatic heterocycles. The second-order valence-corrected chi connectivity index (χ2v) is 5.34. The van der Waals surface area contributed by atoms with Crippen LogP contribution in [0.25, 0.3) is 9.75 Å². The summed E-state index contributed by atoms with van der Waals surface area (Å²) in [4.78, 5) is 13.7. The van der Waals surface area contributed by atoms with E-state index in [4.69, 9.17) is 10.4 Å². The highest BCUT2D eigenvalue weighted by atomic mass is 32.1. The minimum atomic E-state index is -0.906. The Hall–Kier alpha value is -1.64. The van der Waals surface area contributed by atoms with E-state index in [9.17, 15) is 4.79 Å². The number of carboxylic acid groups (broad SMARTS) is 1. The number of hydrogen-bond donors (Lipinski definition) is 1. The number of nitriles is 1. The largest absolute Gasteiger partial charge is 0.477 e. The summed E-state index contributed by atoms with van der Waals surface area (Å²) in [6.45, 7) is 1.88. The first-order chi connectivity index (χ1) is 7.61. The number of aromatic carboxylic acids is 1. The summed E-state index contributed by atoms with van der Waals surface area (Å²) in [5.74, 6) is -0.906. The van der Waals surface area contributed by atoms with E-state index in [0.717, 1.165) is 15.3 Å². The van der Waals surface area contributed by atoms with Crippen LogP contribution in [0.3, 0.4) is 0 Å². The summed E-state index contributed by atoms with van der Waals surface area (Å²) in [7, 11) is 0. The lowest BCUT2D eigenvalue weighted by Gasteiger charge is -1.92. The van der Waals surface area contributed by atoms with Gasteiger partial charge in [-0.1, -0.05) is 0 Å². The van der Waals surface area contributed by atoms with Crippen LogP contribution < -0.4 is 0 Å². The number of carbonyl (C=O) groups is 1. The van der Waals surface area contributed by atoms with Crippen molar-refractivity contribution in [2.45, 2.75) is 6.92 Å². The first-order valence-corrected chi connectivity index (χ1v) is 6.09. The molecule has 3 nitrogen and oxygen atoms in total. The molecule has 0 saturated heterocycles. The molecular formula is C11H7NO2S2. The van der Waals surface area contributed by atoms with E-state index in [1.807, 2.05) is 13.0 Å². The highest BCUT2D eigenvalue weighted by Crippen LogP contribution is 2.36. The Morgan fingerprint density at radius 1 is 1.44 bits per heavy atom. The summed E-state index contributed by atoms with van der Waals surface area (Å²) < 4.78 is 0. The van der Waals surface area contributed by atoms with Gasteiger partial charge in [0.15, 0.2) is 0 Å². The van der Waals surface area contributed by atoms with Crippen LogP contribution in [0.15, 0.2) is 18.2 Å². The third-order valence-electron chi connectivity index (χ3n) is 2.07. The lowest BCUT2D eigenvalue weighted by molar-refractivity contribution is 0.0702. The van der Waals surface area contributed by atoms with Gasteiger partial charge in [-0.15, -0.1) is 22.7 Å². The molecule has 0 aromatic carbocycles. The maximum Gasteiger partial charge on any atom is 0.345 e. The van der Waals surface area contributed by atoms with E-state index in [0.29, 0.717) is 9.75 Å². The zero-order valence-corrected chi connectivity index (χ0v) is 9.98. The first kappa shape index (κ1) is 10.9. The summed E-state index contributed by atoms with van der Waals surface area (Å²) in [5, 5.41) is 17.6. The van der Waals surface area contributed by atoms with E-state index in [-0.39, 0.29) is 0 Å². The molecule has 2 aromatic rings. The number of thiophene rings is 2. The zero-order valence-electron chi connectivity index (χ0n) is 8.35. The van der Waals surface area contributed by atoms with Crippen molar-refractivity contribution >= 4 is 28.6 Å². The topological polar surface area (TPSA) is 61.1 Å². The highest BCUT2D eigenvalue weighted by molar-refractivity contribution is 7.23. The molecule has 5 heteroatoms. The molecule has 80 valence electrons. The lowest BCUT2D eigenvalue weighted by atomic mass is 10.2. The number of hydrogen-bond acceptors (Lipinski definition) is 4. The fourth-order valence-electron chi connectivity index (χ4n) is 1.35. The minimum absolute atomic E-state index is 0.333. The Balaban J connectivity index is 2.48. The molecule has 0 radical (unpaired) electrons. The van der Waals surface area contributed by atoms with Crippen LogP contribution in [0.4, 0.5) is 0 Å². The van der Waals surface area contributed by atoms with E-state index in [1.165, 1.54) is 22.7 Å². The maximum absolute atomic E-state index is 10.8. The Kier molecular flexibility index (Phi) is 2.77. The Morgan fingerprint density at radius 2 is 2.19 bits per heavy atom. The lowest BCUT2D eigenvalue weighted by Crippen LogP contribution is -1.89. The van der Waals surface area contributed by atoms with Crippen molar-refractivity contribution in [1.82, 2.24) is 0 Å². The number of nitrogens with zero attached hydrogens (tertiary/aromatic N) is 1. The molecule has 0 aliphatic rings. The summed E-state index contributed by atoms with van der Waals surface area (Å²) >= 11 is 2.63.